The van der Waals surface area contributed by atoms with E-state index in [0.29, 0.717) is 23.3 Å². The van der Waals surface area contributed by atoms with Crippen molar-refractivity contribution >= 4 is 6.09 Å². The highest BCUT2D eigenvalue weighted by Crippen LogP contribution is 2.18. The van der Waals surface area contributed by atoms with Crippen molar-refractivity contribution in [3.05, 3.63) is 65.7 Å². The number of alkyl carbamates (subject to hydrolysis) is 1. The zero-order chi connectivity index (χ0) is 20.7. The molecule has 3 aromatic rings. The van der Waals surface area contributed by atoms with E-state index in [9.17, 15) is 18.0 Å². The van der Waals surface area contributed by atoms with Gasteiger partial charge in [0.15, 0.2) is 6.54 Å². The highest BCUT2D eigenvalue weighted by atomic mass is 19.4. The third kappa shape index (κ3) is 6.59. The molecular formula is C19H18F3N5O2. The molecule has 0 saturated carbocycles. The highest BCUT2D eigenvalue weighted by Gasteiger charge is 2.29. The molecule has 7 nitrogen and oxygen atoms in total. The normalized spacial score (nSPS) is 11.3. The Bertz CT molecular complexity index is 927. The molecule has 10 heteroatoms. The monoisotopic (exact) mass is 405 g/mol. The van der Waals surface area contributed by atoms with E-state index < -0.39 is 18.8 Å². The van der Waals surface area contributed by atoms with Crippen molar-refractivity contribution in [2.75, 3.05) is 6.54 Å². The van der Waals surface area contributed by atoms with Gasteiger partial charge in [-0.3, -0.25) is 0 Å². The van der Waals surface area contributed by atoms with Crippen LogP contribution in [0.5, 0.6) is 0 Å². The molecule has 0 bridgehead atoms. The van der Waals surface area contributed by atoms with Gasteiger partial charge in [-0.15, -0.1) is 10.2 Å². The molecule has 0 fully saturated rings. The van der Waals surface area contributed by atoms with Gasteiger partial charge < -0.3 is 10.1 Å². The Balaban J connectivity index is 1.44. The molecule has 0 atom stereocenters. The third-order valence-electron chi connectivity index (χ3n) is 3.88. The molecule has 1 aromatic heterocycles. The molecule has 1 heterocycles. The second-order valence-corrected chi connectivity index (χ2v) is 6.19. The molecule has 0 aliphatic rings. The smallest absolute Gasteiger partial charge is 0.409 e. The van der Waals surface area contributed by atoms with E-state index >= 15 is 0 Å². The standard InChI is InChI=1S/C19H18F3N5O2/c20-19(21,22)13-27-25-17(24-26-27)16-8-6-14(7-9-16)10-11-23-18(28)29-12-15-4-2-1-3-5-15/h1-9H,10-13H2,(H,23,28). The summed E-state index contributed by atoms with van der Waals surface area (Å²) in [5.41, 5.74) is 2.39. The number of hydrogen-bond acceptors (Lipinski definition) is 5. The number of aromatic nitrogens is 4. The molecule has 152 valence electrons. The lowest BCUT2D eigenvalue weighted by Crippen LogP contribution is -2.26. The van der Waals surface area contributed by atoms with E-state index in [-0.39, 0.29) is 12.4 Å². The van der Waals surface area contributed by atoms with Gasteiger partial charge in [-0.2, -0.15) is 18.0 Å². The quantitative estimate of drug-likeness (QED) is 0.652. The Morgan fingerprint density at radius 1 is 1.03 bits per heavy atom. The Kier molecular flexibility index (Phi) is 6.43. The second kappa shape index (κ2) is 9.18. The van der Waals surface area contributed by atoms with Gasteiger partial charge in [0.05, 0.1) is 0 Å². The minimum atomic E-state index is -4.41. The predicted octanol–water partition coefficient (Wildman–Crippen LogP) is 3.37. The van der Waals surface area contributed by atoms with Crippen LogP contribution in [0.25, 0.3) is 11.4 Å². The summed E-state index contributed by atoms with van der Waals surface area (Å²) in [7, 11) is 0. The molecule has 1 amide bonds. The molecular weight excluding hydrogens is 387 g/mol. The van der Waals surface area contributed by atoms with E-state index in [2.05, 4.69) is 20.7 Å². The van der Waals surface area contributed by atoms with Gasteiger partial charge in [-0.05, 0) is 22.8 Å². The van der Waals surface area contributed by atoms with Gasteiger partial charge in [0.1, 0.15) is 6.61 Å². The van der Waals surface area contributed by atoms with Crippen LogP contribution in [-0.2, 0) is 24.3 Å². The summed E-state index contributed by atoms with van der Waals surface area (Å²) in [6.45, 7) is -0.708. The lowest BCUT2D eigenvalue weighted by atomic mass is 10.1. The van der Waals surface area contributed by atoms with Crippen molar-refractivity contribution in [3.63, 3.8) is 0 Å². The summed E-state index contributed by atoms with van der Waals surface area (Å²) < 4.78 is 42.2. The fourth-order valence-corrected chi connectivity index (χ4v) is 2.49. The number of rotatable bonds is 7. The van der Waals surface area contributed by atoms with E-state index in [1.165, 1.54) is 0 Å². The fourth-order valence-electron chi connectivity index (χ4n) is 2.49. The Morgan fingerprint density at radius 3 is 2.45 bits per heavy atom. The largest absolute Gasteiger partial charge is 0.445 e. The van der Waals surface area contributed by atoms with Crippen LogP contribution in [0, 0.1) is 0 Å². The highest BCUT2D eigenvalue weighted by molar-refractivity contribution is 5.67. The van der Waals surface area contributed by atoms with Crippen molar-refractivity contribution < 1.29 is 22.7 Å². The number of amides is 1. The predicted molar refractivity (Wildman–Crippen MR) is 97.6 cm³/mol. The van der Waals surface area contributed by atoms with Crippen molar-refractivity contribution in [1.82, 2.24) is 25.5 Å². The van der Waals surface area contributed by atoms with Gasteiger partial charge in [-0.1, -0.05) is 54.6 Å². The number of alkyl halides is 3. The molecule has 0 aliphatic heterocycles. The Morgan fingerprint density at radius 2 is 1.76 bits per heavy atom. The van der Waals surface area contributed by atoms with E-state index in [0.717, 1.165) is 11.1 Å². The molecule has 2 aromatic carbocycles. The number of benzene rings is 2. The van der Waals surface area contributed by atoms with Crippen LogP contribution in [0.1, 0.15) is 11.1 Å². The zero-order valence-electron chi connectivity index (χ0n) is 15.3. The van der Waals surface area contributed by atoms with Crippen molar-refractivity contribution in [3.8, 4) is 11.4 Å². The first kappa shape index (κ1) is 20.3. The molecule has 29 heavy (non-hydrogen) atoms. The van der Waals surface area contributed by atoms with Crippen molar-refractivity contribution in [2.45, 2.75) is 25.7 Å². The minimum absolute atomic E-state index is 0.114. The van der Waals surface area contributed by atoms with Crippen LogP contribution in [0.4, 0.5) is 18.0 Å². The minimum Gasteiger partial charge on any atom is -0.445 e. The zero-order valence-corrected chi connectivity index (χ0v) is 15.3. The number of nitrogens with zero attached hydrogens (tertiary/aromatic N) is 4. The summed E-state index contributed by atoms with van der Waals surface area (Å²) in [5.74, 6) is 0.114. The number of hydrogen-bond donors (Lipinski definition) is 1. The number of halogens is 3. The number of carbonyl (C=O) groups excluding carboxylic acids is 1. The molecule has 0 radical (unpaired) electrons. The SMILES string of the molecule is O=C(NCCc1ccc(-c2nnn(CC(F)(F)F)n2)cc1)OCc1ccccc1. The first-order chi connectivity index (χ1) is 13.9. The van der Waals surface area contributed by atoms with Gasteiger partial charge >= 0.3 is 12.3 Å². The van der Waals surface area contributed by atoms with Gasteiger partial charge in [0.25, 0.3) is 0 Å². The maximum atomic E-state index is 12.3. The van der Waals surface area contributed by atoms with Crippen LogP contribution >= 0.6 is 0 Å². The second-order valence-electron chi connectivity index (χ2n) is 6.19. The molecule has 0 saturated heterocycles. The molecule has 0 spiro atoms. The van der Waals surface area contributed by atoms with Crippen molar-refractivity contribution in [2.24, 2.45) is 0 Å². The molecule has 0 aliphatic carbocycles. The molecule has 1 N–H and O–H groups in total. The first-order valence-electron chi connectivity index (χ1n) is 8.77. The average Bonchev–Trinajstić information content (AvgIpc) is 3.14. The third-order valence-corrected chi connectivity index (χ3v) is 3.88. The van der Waals surface area contributed by atoms with Gasteiger partial charge in [0.2, 0.25) is 5.82 Å². The van der Waals surface area contributed by atoms with Crippen LogP contribution in [0.15, 0.2) is 54.6 Å². The number of tetrazole rings is 1. The topological polar surface area (TPSA) is 81.9 Å². The average molecular weight is 405 g/mol. The number of nitrogens with one attached hydrogen (secondary N) is 1. The first-order valence-corrected chi connectivity index (χ1v) is 8.77. The Hall–Kier alpha value is -3.43. The van der Waals surface area contributed by atoms with Crippen LogP contribution in [0.2, 0.25) is 0 Å². The van der Waals surface area contributed by atoms with E-state index in [1.54, 1.807) is 24.3 Å². The van der Waals surface area contributed by atoms with E-state index in [1.807, 2.05) is 30.3 Å². The maximum Gasteiger partial charge on any atom is 0.409 e. The van der Waals surface area contributed by atoms with Crippen LogP contribution in [0.3, 0.4) is 0 Å². The summed E-state index contributed by atoms with van der Waals surface area (Å²) in [4.78, 5) is 12.2. The van der Waals surface area contributed by atoms with Crippen molar-refractivity contribution in [1.29, 1.82) is 0 Å². The molecule has 0 unspecified atom stereocenters. The summed E-state index contributed by atoms with van der Waals surface area (Å²) >= 11 is 0. The Labute approximate surface area is 164 Å². The lowest BCUT2D eigenvalue weighted by Gasteiger charge is -2.07. The molecule has 3 rings (SSSR count). The summed E-state index contributed by atoms with van der Waals surface area (Å²) in [5, 5.41) is 13.4. The van der Waals surface area contributed by atoms with E-state index in [4.69, 9.17) is 4.74 Å². The van der Waals surface area contributed by atoms with Gasteiger partial charge in [-0.25, -0.2) is 4.79 Å². The van der Waals surface area contributed by atoms with Crippen LogP contribution in [-0.4, -0.2) is 39.0 Å². The fraction of sp³-hybridized carbons (Fsp3) is 0.263. The summed E-state index contributed by atoms with van der Waals surface area (Å²) in [6, 6.07) is 16.3. The summed E-state index contributed by atoms with van der Waals surface area (Å²) in [6.07, 6.45) is -4.35. The lowest BCUT2D eigenvalue weighted by molar-refractivity contribution is -0.145. The van der Waals surface area contributed by atoms with Gasteiger partial charge in [0, 0.05) is 12.1 Å². The maximum absolute atomic E-state index is 12.3. The number of carbonyl (C=O) groups is 1. The number of ether oxygens (including phenoxy) is 1. The van der Waals surface area contributed by atoms with Crippen LogP contribution < -0.4 is 5.32 Å².